The Kier molecular flexibility index (Phi) is 9.09. The molecule has 0 saturated carbocycles. The third-order valence-electron chi connectivity index (χ3n) is 6.10. The van der Waals surface area contributed by atoms with Gasteiger partial charge in [-0.05, 0) is 38.8 Å². The van der Waals surface area contributed by atoms with Gasteiger partial charge in [0.25, 0.3) is 0 Å². The van der Waals surface area contributed by atoms with E-state index in [2.05, 4.69) is 4.90 Å². The zero-order valence-corrected chi connectivity index (χ0v) is 21.3. The molecule has 36 heavy (non-hydrogen) atoms. The molecule has 0 bridgehead atoms. The molecule has 2 atom stereocenters. The minimum atomic E-state index is -0.654. The Hall–Kier alpha value is -2.78. The highest BCUT2D eigenvalue weighted by Crippen LogP contribution is 2.34. The van der Waals surface area contributed by atoms with Gasteiger partial charge in [0, 0.05) is 44.9 Å². The number of rotatable bonds is 12. The van der Waals surface area contributed by atoms with Crippen molar-refractivity contribution in [1.82, 2.24) is 14.7 Å². The van der Waals surface area contributed by atoms with E-state index in [0.29, 0.717) is 31.3 Å². The molecule has 2 aromatic carbocycles. The maximum Gasteiger partial charge on any atom is 0.222 e. The van der Waals surface area contributed by atoms with E-state index in [0.717, 1.165) is 36.3 Å². The fourth-order valence-corrected chi connectivity index (χ4v) is 4.45. The van der Waals surface area contributed by atoms with E-state index in [4.69, 9.17) is 19.3 Å². The predicted molar refractivity (Wildman–Crippen MR) is 136 cm³/mol. The number of halogens is 1. The molecule has 2 heterocycles. The first-order chi connectivity index (χ1) is 17.4. The van der Waals surface area contributed by atoms with Crippen LogP contribution in [0.5, 0.6) is 11.6 Å². The van der Waals surface area contributed by atoms with Crippen molar-refractivity contribution in [1.29, 1.82) is 0 Å². The van der Waals surface area contributed by atoms with Gasteiger partial charge in [0.05, 0.1) is 30.5 Å². The summed E-state index contributed by atoms with van der Waals surface area (Å²) in [4.78, 5) is 2.17. The molecule has 1 saturated heterocycles. The normalized spacial score (nSPS) is 16.7. The van der Waals surface area contributed by atoms with E-state index in [1.54, 1.807) is 16.8 Å². The molecule has 194 valence electrons. The lowest BCUT2D eigenvalue weighted by Gasteiger charge is -2.28. The summed E-state index contributed by atoms with van der Waals surface area (Å²) in [5.74, 6) is 0.562. The highest BCUT2D eigenvalue weighted by Gasteiger charge is 2.26. The molecule has 7 nitrogen and oxygen atoms in total. The van der Waals surface area contributed by atoms with E-state index >= 15 is 0 Å². The van der Waals surface area contributed by atoms with Crippen LogP contribution in [0.4, 0.5) is 4.39 Å². The lowest BCUT2D eigenvalue weighted by Crippen LogP contribution is -2.39. The maximum absolute atomic E-state index is 13.9. The van der Waals surface area contributed by atoms with Gasteiger partial charge in [-0.1, -0.05) is 36.4 Å². The Morgan fingerprint density at radius 1 is 1.19 bits per heavy atom. The first-order valence-electron chi connectivity index (χ1n) is 12.6. The molecule has 1 aromatic heterocycles. The fraction of sp³-hybridized carbons (Fsp3) is 0.464. The van der Waals surface area contributed by atoms with Gasteiger partial charge in [0.15, 0.2) is 0 Å². The van der Waals surface area contributed by atoms with Crippen LogP contribution in [0.15, 0.2) is 54.6 Å². The second-order valence-corrected chi connectivity index (χ2v) is 9.55. The summed E-state index contributed by atoms with van der Waals surface area (Å²) in [6.45, 7) is 6.47. The predicted octanol–water partition coefficient (Wildman–Crippen LogP) is 4.79. The first kappa shape index (κ1) is 26.3. The molecule has 3 aromatic rings. The van der Waals surface area contributed by atoms with Crippen LogP contribution in [0.2, 0.25) is 0 Å². The molecule has 0 amide bonds. The van der Waals surface area contributed by atoms with E-state index in [9.17, 15) is 9.50 Å². The van der Waals surface area contributed by atoms with Crippen molar-refractivity contribution in [2.45, 2.75) is 51.5 Å². The van der Waals surface area contributed by atoms with Crippen molar-refractivity contribution in [3.8, 4) is 22.9 Å². The molecule has 1 N–H and O–H groups in total. The van der Waals surface area contributed by atoms with Crippen LogP contribution in [0, 0.1) is 5.82 Å². The number of aliphatic hydroxyl groups is 1. The zero-order chi connectivity index (χ0) is 25.5. The second kappa shape index (κ2) is 12.5. The molecule has 1 aliphatic heterocycles. The van der Waals surface area contributed by atoms with Gasteiger partial charge >= 0.3 is 0 Å². The van der Waals surface area contributed by atoms with E-state index in [1.165, 1.54) is 12.1 Å². The molecule has 0 radical (unpaired) electrons. The Balaban J connectivity index is 1.66. The van der Waals surface area contributed by atoms with Crippen LogP contribution in [0.3, 0.4) is 0 Å². The first-order valence-corrected chi connectivity index (χ1v) is 12.6. The number of benzene rings is 2. The Bertz CT molecular complexity index is 1100. The van der Waals surface area contributed by atoms with Crippen molar-refractivity contribution < 1.29 is 23.7 Å². The smallest absolute Gasteiger partial charge is 0.222 e. The van der Waals surface area contributed by atoms with Gasteiger partial charge < -0.3 is 19.3 Å². The molecular weight excluding hydrogens is 461 g/mol. The van der Waals surface area contributed by atoms with Crippen molar-refractivity contribution >= 4 is 0 Å². The van der Waals surface area contributed by atoms with Crippen LogP contribution in [0.25, 0.3) is 11.3 Å². The summed E-state index contributed by atoms with van der Waals surface area (Å²) in [6.07, 6.45) is 1.51. The summed E-state index contributed by atoms with van der Waals surface area (Å²) >= 11 is 0. The number of hydrogen-bond donors (Lipinski definition) is 1. The average molecular weight is 498 g/mol. The number of aromatic nitrogens is 2. The van der Waals surface area contributed by atoms with Crippen molar-refractivity contribution in [2.75, 3.05) is 26.3 Å². The standard InChI is InChI=1S/C28H36FN3O4/c1-20(2)35-19-23(33)16-32(17-25-13-8-14-34-25)18-26-27(21-9-5-4-6-10-21)30-31(3)28(26)36-24-12-7-11-22(29)15-24/h4-7,9-12,15,20,23,25,33H,8,13-14,16-19H2,1-3H3/t23-,25-/m1/s1. The largest absolute Gasteiger partial charge is 0.439 e. The van der Waals surface area contributed by atoms with Gasteiger partial charge in [-0.3, -0.25) is 4.90 Å². The summed E-state index contributed by atoms with van der Waals surface area (Å²) < 4.78 is 33.3. The zero-order valence-electron chi connectivity index (χ0n) is 21.3. The minimum Gasteiger partial charge on any atom is -0.439 e. The molecule has 0 aliphatic carbocycles. The van der Waals surface area contributed by atoms with Crippen LogP contribution in [-0.4, -0.2) is 64.4 Å². The Morgan fingerprint density at radius 2 is 2.00 bits per heavy atom. The van der Waals surface area contributed by atoms with Gasteiger partial charge in [0.1, 0.15) is 17.3 Å². The quantitative estimate of drug-likeness (QED) is 0.388. The molecule has 1 fully saturated rings. The van der Waals surface area contributed by atoms with Gasteiger partial charge in [-0.25, -0.2) is 9.07 Å². The number of hydrogen-bond acceptors (Lipinski definition) is 6. The van der Waals surface area contributed by atoms with Gasteiger partial charge in [-0.15, -0.1) is 0 Å². The highest BCUT2D eigenvalue weighted by molar-refractivity contribution is 5.65. The third-order valence-corrected chi connectivity index (χ3v) is 6.10. The number of aliphatic hydroxyl groups excluding tert-OH is 1. The second-order valence-electron chi connectivity index (χ2n) is 9.55. The van der Waals surface area contributed by atoms with E-state index in [-0.39, 0.29) is 24.6 Å². The summed E-state index contributed by atoms with van der Waals surface area (Å²) in [5.41, 5.74) is 2.61. The molecule has 0 unspecified atom stereocenters. The topological polar surface area (TPSA) is 69.0 Å². The van der Waals surface area contributed by atoms with Gasteiger partial charge in [0.2, 0.25) is 5.88 Å². The van der Waals surface area contributed by atoms with Crippen LogP contribution < -0.4 is 4.74 Å². The van der Waals surface area contributed by atoms with Crippen molar-refractivity contribution in [3.05, 3.63) is 66.0 Å². The third kappa shape index (κ3) is 7.13. The molecule has 8 heteroatoms. The highest BCUT2D eigenvalue weighted by atomic mass is 19.1. The minimum absolute atomic E-state index is 0.0422. The van der Waals surface area contributed by atoms with Gasteiger partial charge in [-0.2, -0.15) is 5.10 Å². The summed E-state index contributed by atoms with van der Waals surface area (Å²) in [7, 11) is 1.82. The van der Waals surface area contributed by atoms with Crippen molar-refractivity contribution in [2.24, 2.45) is 7.05 Å². The number of aryl methyl sites for hydroxylation is 1. The lowest BCUT2D eigenvalue weighted by molar-refractivity contribution is -0.0172. The molecule has 4 rings (SSSR count). The van der Waals surface area contributed by atoms with E-state index < -0.39 is 6.10 Å². The fourth-order valence-electron chi connectivity index (χ4n) is 4.45. The molecule has 0 spiro atoms. The SMILES string of the molecule is CC(C)OC[C@H](O)CN(Cc1c(-c2ccccc2)nn(C)c1Oc1cccc(F)c1)C[C@H]1CCCO1. The Labute approximate surface area is 212 Å². The molecular formula is C28H36FN3O4. The summed E-state index contributed by atoms with van der Waals surface area (Å²) in [6, 6.07) is 16.0. The average Bonchev–Trinajstić information content (AvgIpc) is 3.47. The van der Waals surface area contributed by atoms with Crippen molar-refractivity contribution in [3.63, 3.8) is 0 Å². The Morgan fingerprint density at radius 3 is 2.69 bits per heavy atom. The maximum atomic E-state index is 13.9. The summed E-state index contributed by atoms with van der Waals surface area (Å²) in [5, 5.41) is 15.5. The van der Waals surface area contributed by atoms with Crippen LogP contribution in [-0.2, 0) is 23.1 Å². The lowest BCUT2D eigenvalue weighted by atomic mass is 10.1. The molecule has 1 aliphatic rings. The number of ether oxygens (including phenoxy) is 3. The number of nitrogens with zero attached hydrogens (tertiary/aromatic N) is 3. The van der Waals surface area contributed by atoms with Crippen LogP contribution in [0.1, 0.15) is 32.3 Å². The van der Waals surface area contributed by atoms with E-state index in [1.807, 2.05) is 51.2 Å². The van der Waals surface area contributed by atoms with Crippen LogP contribution >= 0.6 is 0 Å². The monoisotopic (exact) mass is 497 g/mol.